The number of rotatable bonds is 6. The highest BCUT2D eigenvalue weighted by Crippen LogP contribution is 2.31. The van der Waals surface area contributed by atoms with Crippen LogP contribution in [0.3, 0.4) is 0 Å². The summed E-state index contributed by atoms with van der Waals surface area (Å²) in [4.78, 5) is 38.1. The van der Waals surface area contributed by atoms with Crippen molar-refractivity contribution in [2.45, 2.75) is 6.36 Å². The number of carbonyl (C=O) groups is 2. The number of carbonyl (C=O) groups excluding carboxylic acids is 2. The number of anilines is 1. The molecule has 3 rings (SSSR count). The Balaban J connectivity index is 1.75. The number of hydrogen-bond donors (Lipinski definition) is 3. The molecule has 0 radical (unpaired) electrons. The van der Waals surface area contributed by atoms with Crippen LogP contribution in [0, 0.1) is 5.41 Å². The fourth-order valence-electron chi connectivity index (χ4n) is 2.89. The molecular formula is C20H20F3N7O4S. The molecule has 15 heteroatoms. The van der Waals surface area contributed by atoms with Crippen molar-refractivity contribution in [3.8, 4) is 5.75 Å². The van der Waals surface area contributed by atoms with Crippen molar-refractivity contribution in [3.05, 3.63) is 48.0 Å². The number of ether oxygens (including phenoxy) is 2. The van der Waals surface area contributed by atoms with Crippen molar-refractivity contribution in [1.29, 1.82) is 5.41 Å². The van der Waals surface area contributed by atoms with Crippen LogP contribution in [0.2, 0.25) is 0 Å². The van der Waals surface area contributed by atoms with Gasteiger partial charge >= 0.3 is 6.36 Å². The Morgan fingerprint density at radius 3 is 2.69 bits per heavy atom. The number of nitrogens with two attached hydrogens (primary N) is 1. The summed E-state index contributed by atoms with van der Waals surface area (Å²) in [5, 5.41) is 9.89. The largest absolute Gasteiger partial charge is 0.573 e. The van der Waals surface area contributed by atoms with Gasteiger partial charge in [0.25, 0.3) is 5.91 Å². The van der Waals surface area contributed by atoms with Gasteiger partial charge in [0.05, 0.1) is 31.6 Å². The molecule has 35 heavy (non-hydrogen) atoms. The topological polar surface area (TPSA) is 156 Å². The average Bonchev–Trinajstić information content (AvgIpc) is 2.80. The maximum absolute atomic E-state index is 12.8. The van der Waals surface area contributed by atoms with Crippen LogP contribution in [0.25, 0.3) is 0 Å². The quantitative estimate of drug-likeness (QED) is 0.389. The molecule has 0 aliphatic carbocycles. The van der Waals surface area contributed by atoms with E-state index in [4.69, 9.17) is 15.9 Å². The summed E-state index contributed by atoms with van der Waals surface area (Å²) in [5.41, 5.74) is 5.42. The van der Waals surface area contributed by atoms with Crippen LogP contribution >= 0.6 is 11.8 Å². The number of benzene rings is 1. The lowest BCUT2D eigenvalue weighted by atomic mass is 10.1. The molecule has 0 saturated carbocycles. The standard InChI is InChI=1S/C20H20F3N7O4S/c21-20(22,23)34-15-2-1-12(9-13(15)28-16(31)11-30-5-7-33-8-6-30)18(32)29-19(25)35-17(24)14-10-26-3-4-27-14/h1-4,9-10,24H,5-8,11H2,(H,28,31)(H2,25,29,32). The monoisotopic (exact) mass is 511 g/mol. The van der Waals surface area contributed by atoms with E-state index in [0.29, 0.717) is 38.1 Å². The van der Waals surface area contributed by atoms with Gasteiger partial charge in [-0.1, -0.05) is 0 Å². The molecule has 1 saturated heterocycles. The van der Waals surface area contributed by atoms with Crippen molar-refractivity contribution < 1.29 is 32.2 Å². The van der Waals surface area contributed by atoms with Gasteiger partial charge in [0.15, 0.2) is 10.9 Å². The first-order valence-corrected chi connectivity index (χ1v) is 10.8. The van der Waals surface area contributed by atoms with E-state index in [1.807, 2.05) is 0 Å². The van der Waals surface area contributed by atoms with Crippen LogP contribution in [0.5, 0.6) is 5.75 Å². The number of hydrogen-bond acceptors (Lipinski definition) is 9. The molecule has 4 N–H and O–H groups in total. The van der Waals surface area contributed by atoms with Gasteiger partial charge in [-0.25, -0.2) is 0 Å². The third-order valence-corrected chi connectivity index (χ3v) is 5.13. The SMILES string of the molecule is N=C(SC(N)=NC(=O)c1ccc(OC(F)(F)F)c(NC(=O)CN2CCOCC2)c1)c1cnccn1. The van der Waals surface area contributed by atoms with Gasteiger partial charge < -0.3 is 20.5 Å². The summed E-state index contributed by atoms with van der Waals surface area (Å²) < 4.78 is 47.7. The third kappa shape index (κ3) is 8.31. The van der Waals surface area contributed by atoms with E-state index >= 15 is 0 Å². The number of halogens is 3. The Labute approximate surface area is 201 Å². The van der Waals surface area contributed by atoms with Gasteiger partial charge in [-0.3, -0.25) is 29.9 Å². The van der Waals surface area contributed by atoms with Crippen molar-refractivity contribution in [1.82, 2.24) is 14.9 Å². The molecule has 2 amide bonds. The second-order valence-electron chi connectivity index (χ2n) is 6.97. The predicted octanol–water partition coefficient (Wildman–Crippen LogP) is 1.86. The van der Waals surface area contributed by atoms with E-state index < -0.39 is 23.9 Å². The summed E-state index contributed by atoms with van der Waals surface area (Å²) in [6.45, 7) is 1.77. The highest BCUT2D eigenvalue weighted by atomic mass is 32.2. The van der Waals surface area contributed by atoms with Gasteiger partial charge in [0.2, 0.25) is 5.91 Å². The van der Waals surface area contributed by atoms with Crippen LogP contribution in [0.15, 0.2) is 41.8 Å². The minimum Gasteiger partial charge on any atom is -0.404 e. The van der Waals surface area contributed by atoms with E-state index in [1.165, 1.54) is 18.6 Å². The summed E-state index contributed by atoms with van der Waals surface area (Å²) in [5.74, 6) is -2.19. The predicted molar refractivity (Wildman–Crippen MR) is 121 cm³/mol. The molecule has 186 valence electrons. The van der Waals surface area contributed by atoms with Crippen molar-refractivity contribution in [2.24, 2.45) is 10.7 Å². The fourth-order valence-corrected chi connectivity index (χ4v) is 3.43. The molecular weight excluding hydrogens is 491 g/mol. The van der Waals surface area contributed by atoms with Gasteiger partial charge in [-0.15, -0.1) is 13.2 Å². The molecule has 11 nitrogen and oxygen atoms in total. The number of amides is 2. The van der Waals surface area contributed by atoms with Crippen molar-refractivity contribution >= 4 is 39.5 Å². The Kier molecular flexibility index (Phi) is 8.73. The van der Waals surface area contributed by atoms with E-state index in [2.05, 4.69) is 25.0 Å². The van der Waals surface area contributed by atoms with Gasteiger partial charge in [0, 0.05) is 31.0 Å². The van der Waals surface area contributed by atoms with E-state index in [1.54, 1.807) is 4.90 Å². The second kappa shape index (κ2) is 11.7. The molecule has 0 unspecified atom stereocenters. The van der Waals surface area contributed by atoms with E-state index in [-0.39, 0.29) is 33.7 Å². The maximum atomic E-state index is 12.8. The van der Waals surface area contributed by atoms with Gasteiger partial charge in [-0.05, 0) is 30.0 Å². The third-order valence-electron chi connectivity index (χ3n) is 4.41. The first-order valence-electron chi connectivity index (χ1n) is 10.0. The highest BCUT2D eigenvalue weighted by molar-refractivity contribution is 8.26. The molecule has 2 heterocycles. The molecule has 0 atom stereocenters. The smallest absolute Gasteiger partial charge is 0.404 e. The van der Waals surface area contributed by atoms with E-state index in [0.717, 1.165) is 18.2 Å². The number of aromatic nitrogens is 2. The van der Waals surface area contributed by atoms with Crippen molar-refractivity contribution in [3.63, 3.8) is 0 Å². The first kappa shape index (κ1) is 26.1. The Morgan fingerprint density at radius 2 is 2.03 bits per heavy atom. The Morgan fingerprint density at radius 1 is 1.29 bits per heavy atom. The number of aliphatic imine (C=N–C) groups is 1. The molecule has 1 aliphatic rings. The average molecular weight is 511 g/mol. The summed E-state index contributed by atoms with van der Waals surface area (Å²) in [6.07, 6.45) is -0.890. The fraction of sp³-hybridized carbons (Fsp3) is 0.300. The Bertz CT molecular complexity index is 1110. The normalized spacial score (nSPS) is 14.9. The van der Waals surface area contributed by atoms with Gasteiger partial charge in [-0.2, -0.15) is 4.99 Å². The van der Waals surface area contributed by atoms with Crippen LogP contribution < -0.4 is 15.8 Å². The number of nitrogens with zero attached hydrogens (tertiary/aromatic N) is 4. The molecule has 0 spiro atoms. The molecule has 1 aromatic heterocycles. The lowest BCUT2D eigenvalue weighted by molar-refractivity contribution is -0.274. The zero-order chi connectivity index (χ0) is 25.4. The molecule has 1 fully saturated rings. The lowest BCUT2D eigenvalue weighted by Crippen LogP contribution is -2.41. The zero-order valence-electron chi connectivity index (χ0n) is 18.0. The van der Waals surface area contributed by atoms with Crippen LogP contribution in [0.1, 0.15) is 16.1 Å². The molecule has 1 aliphatic heterocycles. The first-order chi connectivity index (χ1) is 16.6. The van der Waals surface area contributed by atoms with Crippen LogP contribution in [-0.2, 0) is 9.53 Å². The number of alkyl halides is 3. The molecule has 0 bridgehead atoms. The van der Waals surface area contributed by atoms with Crippen LogP contribution in [0.4, 0.5) is 18.9 Å². The van der Waals surface area contributed by atoms with Crippen molar-refractivity contribution in [2.75, 3.05) is 38.2 Å². The zero-order valence-corrected chi connectivity index (χ0v) is 18.9. The number of amidine groups is 1. The summed E-state index contributed by atoms with van der Waals surface area (Å²) >= 11 is 0.650. The lowest BCUT2D eigenvalue weighted by Gasteiger charge is -2.26. The molecule has 2 aromatic rings. The van der Waals surface area contributed by atoms with Crippen LogP contribution in [-0.4, -0.2) is 76.1 Å². The van der Waals surface area contributed by atoms with Gasteiger partial charge in [0.1, 0.15) is 10.7 Å². The Hall–Kier alpha value is -3.56. The molecule has 1 aromatic carbocycles. The maximum Gasteiger partial charge on any atom is 0.573 e. The number of nitrogens with one attached hydrogen (secondary N) is 2. The summed E-state index contributed by atoms with van der Waals surface area (Å²) in [6, 6.07) is 2.96. The number of thioether (sulfide) groups is 1. The second-order valence-corrected chi connectivity index (χ2v) is 8.00. The minimum atomic E-state index is -5.02. The highest BCUT2D eigenvalue weighted by Gasteiger charge is 2.32. The summed E-state index contributed by atoms with van der Waals surface area (Å²) in [7, 11) is 0. The van der Waals surface area contributed by atoms with E-state index in [9.17, 15) is 22.8 Å². The number of morpholine rings is 1. The minimum absolute atomic E-state index is 0.0841.